The van der Waals surface area contributed by atoms with E-state index in [4.69, 9.17) is 9.47 Å². The van der Waals surface area contributed by atoms with Gasteiger partial charge in [-0.05, 0) is 56.7 Å². The zero-order chi connectivity index (χ0) is 42.7. The van der Waals surface area contributed by atoms with Crippen molar-refractivity contribution in [2.75, 3.05) is 41.9 Å². The normalized spacial score (nSPS) is 19.3. The molecule has 1 saturated heterocycles. The maximum Gasteiger partial charge on any atom is 0.226 e. The molecule has 2 rings (SSSR count). The van der Waals surface area contributed by atoms with Gasteiger partial charge >= 0.3 is 0 Å². The van der Waals surface area contributed by atoms with Crippen molar-refractivity contribution in [3.05, 3.63) is 35.9 Å². The first-order valence-corrected chi connectivity index (χ1v) is 21.0. The predicted octanol–water partition coefficient (Wildman–Crippen LogP) is 7.16. The highest BCUT2D eigenvalue weighted by atomic mass is 16.5. The summed E-state index contributed by atoms with van der Waals surface area (Å²) in [4.78, 5) is 75.4. The molecule has 0 bridgehead atoms. The molecule has 1 aromatic carbocycles. The monoisotopic (exact) mass is 784 g/mol. The van der Waals surface area contributed by atoms with Crippen LogP contribution in [-0.2, 0) is 39.9 Å². The van der Waals surface area contributed by atoms with Crippen molar-refractivity contribution in [2.24, 2.45) is 40.9 Å². The molecular weight excluding hydrogens is 707 g/mol. The van der Waals surface area contributed by atoms with Crippen molar-refractivity contribution in [3.63, 3.8) is 0 Å². The van der Waals surface area contributed by atoms with Gasteiger partial charge in [0, 0.05) is 63.8 Å². The molecule has 0 aliphatic carbocycles. The number of amides is 2. The van der Waals surface area contributed by atoms with Gasteiger partial charge < -0.3 is 19.3 Å². The Hall–Kier alpha value is -2.95. The van der Waals surface area contributed by atoms with Crippen LogP contribution in [0.4, 0.5) is 0 Å². The second-order valence-corrected chi connectivity index (χ2v) is 18.4. The Kier molecular flexibility index (Phi) is 19.6. The first-order valence-electron chi connectivity index (χ1n) is 21.0. The smallest absolute Gasteiger partial charge is 0.226 e. The van der Waals surface area contributed by atoms with Crippen molar-refractivity contribution < 1.29 is 33.4 Å². The van der Waals surface area contributed by atoms with Gasteiger partial charge in [0.05, 0.1) is 36.8 Å². The van der Waals surface area contributed by atoms with Crippen molar-refractivity contribution in [2.45, 2.75) is 145 Å². The maximum atomic E-state index is 14.3. The minimum absolute atomic E-state index is 0.00813. The molecule has 56 heavy (non-hydrogen) atoms. The van der Waals surface area contributed by atoms with Crippen LogP contribution in [0.1, 0.15) is 113 Å². The van der Waals surface area contributed by atoms with Crippen molar-refractivity contribution in [1.29, 1.82) is 0 Å². The highest BCUT2D eigenvalue weighted by molar-refractivity contribution is 5.92. The molecule has 10 nitrogen and oxygen atoms in total. The zero-order valence-corrected chi connectivity index (χ0v) is 37.6. The van der Waals surface area contributed by atoms with Crippen LogP contribution in [0, 0.1) is 40.9 Å². The molecule has 9 atom stereocenters. The Morgan fingerprint density at radius 2 is 1.45 bits per heavy atom. The molecular formula is C46H77N3O7. The van der Waals surface area contributed by atoms with Crippen LogP contribution in [0.3, 0.4) is 0 Å². The van der Waals surface area contributed by atoms with Gasteiger partial charge in [-0.15, -0.1) is 0 Å². The number of ketones is 3. The van der Waals surface area contributed by atoms with Gasteiger partial charge in [-0.25, -0.2) is 0 Å². The third-order valence-corrected chi connectivity index (χ3v) is 12.3. The van der Waals surface area contributed by atoms with Crippen LogP contribution in [0.15, 0.2) is 30.3 Å². The number of methoxy groups -OCH3 is 2. The van der Waals surface area contributed by atoms with E-state index in [0.29, 0.717) is 19.4 Å². The largest absolute Gasteiger partial charge is 0.379 e. The lowest BCUT2D eigenvalue weighted by Crippen LogP contribution is -2.54. The summed E-state index contributed by atoms with van der Waals surface area (Å²) < 4.78 is 12.1. The molecule has 0 N–H and O–H groups in total. The SMILES string of the molecule is CCC(C)C(C(CC(=O)N1CCCC1C(OC)C(C)C(=O)CC(Cc1ccccc1)C(=O)C(C)(C)C)OC)N(C)C(=O)C(CC(=O)C(C(C)C)N(C)C)C(C)C. The van der Waals surface area contributed by atoms with Crippen LogP contribution in [0.2, 0.25) is 0 Å². The first-order chi connectivity index (χ1) is 26.1. The fourth-order valence-electron chi connectivity index (χ4n) is 9.00. The highest BCUT2D eigenvalue weighted by Gasteiger charge is 2.44. The number of likely N-dealkylation sites (tertiary alicyclic amines) is 1. The Morgan fingerprint density at radius 1 is 0.839 bits per heavy atom. The Labute approximate surface area is 339 Å². The summed E-state index contributed by atoms with van der Waals surface area (Å²) in [6.07, 6.45) is 1.87. The van der Waals surface area contributed by atoms with Gasteiger partial charge in [0.1, 0.15) is 11.6 Å². The number of ether oxygens (including phenoxy) is 2. The van der Waals surface area contributed by atoms with E-state index in [2.05, 4.69) is 13.8 Å². The van der Waals surface area contributed by atoms with Crippen LogP contribution in [-0.4, -0.2) is 116 Å². The maximum absolute atomic E-state index is 14.3. The van der Waals surface area contributed by atoms with E-state index >= 15 is 0 Å². The summed E-state index contributed by atoms with van der Waals surface area (Å²) in [6, 6.07) is 8.79. The molecule has 0 aromatic heterocycles. The molecule has 0 saturated carbocycles. The minimum Gasteiger partial charge on any atom is -0.379 e. The molecule has 1 fully saturated rings. The molecule has 1 aromatic rings. The van der Waals surface area contributed by atoms with E-state index in [9.17, 15) is 24.0 Å². The zero-order valence-electron chi connectivity index (χ0n) is 37.6. The molecule has 318 valence electrons. The number of rotatable bonds is 23. The fourth-order valence-corrected chi connectivity index (χ4v) is 9.00. The summed E-state index contributed by atoms with van der Waals surface area (Å²) >= 11 is 0. The van der Waals surface area contributed by atoms with Gasteiger partial charge in [0.15, 0.2) is 5.78 Å². The molecule has 1 aliphatic heterocycles. The minimum atomic E-state index is -0.599. The van der Waals surface area contributed by atoms with Crippen LogP contribution in [0.5, 0.6) is 0 Å². The van der Waals surface area contributed by atoms with Crippen molar-refractivity contribution in [3.8, 4) is 0 Å². The van der Waals surface area contributed by atoms with E-state index in [-0.39, 0.29) is 78.3 Å². The van der Waals surface area contributed by atoms with Crippen molar-refractivity contribution >= 4 is 29.2 Å². The predicted molar refractivity (Wildman–Crippen MR) is 224 cm³/mol. The molecule has 1 aliphatic rings. The fraction of sp³-hybridized carbons (Fsp3) is 0.761. The number of hydrogen-bond donors (Lipinski definition) is 0. The molecule has 2 amide bonds. The quantitative estimate of drug-likeness (QED) is 0.115. The van der Waals surface area contributed by atoms with Gasteiger partial charge in [-0.1, -0.05) is 106 Å². The lowest BCUT2D eigenvalue weighted by atomic mass is 9.76. The second-order valence-electron chi connectivity index (χ2n) is 18.4. The van der Waals surface area contributed by atoms with E-state index in [0.717, 1.165) is 18.4 Å². The number of hydrogen-bond acceptors (Lipinski definition) is 8. The van der Waals surface area contributed by atoms with E-state index in [1.807, 2.05) is 110 Å². The summed E-state index contributed by atoms with van der Waals surface area (Å²) in [5.41, 5.74) is 0.414. The summed E-state index contributed by atoms with van der Waals surface area (Å²) in [5, 5.41) is 0. The molecule has 10 heteroatoms. The number of nitrogens with zero attached hydrogens (tertiary/aromatic N) is 3. The van der Waals surface area contributed by atoms with E-state index in [1.54, 1.807) is 26.2 Å². The van der Waals surface area contributed by atoms with Gasteiger partial charge in [0.25, 0.3) is 0 Å². The van der Waals surface area contributed by atoms with Gasteiger partial charge in [-0.2, -0.15) is 0 Å². The molecule has 9 unspecified atom stereocenters. The Balaban J connectivity index is 2.32. The number of carbonyl (C=O) groups excluding carboxylic acids is 5. The summed E-state index contributed by atoms with van der Waals surface area (Å²) in [5.74, 6) is -1.64. The lowest BCUT2D eigenvalue weighted by molar-refractivity contribution is -0.149. The Bertz CT molecular complexity index is 1410. The van der Waals surface area contributed by atoms with Crippen LogP contribution < -0.4 is 0 Å². The van der Waals surface area contributed by atoms with E-state index < -0.39 is 41.4 Å². The van der Waals surface area contributed by atoms with Gasteiger partial charge in [0.2, 0.25) is 11.8 Å². The summed E-state index contributed by atoms with van der Waals surface area (Å²) in [6.45, 7) is 20.2. The molecule has 0 radical (unpaired) electrons. The standard InChI is InChI=1S/C46H77N3O7/c1-16-31(6)42(48(13)45(54)35(29(2)3)27-38(51)41(30(4)5)47(11)12)39(55-14)28-40(52)49-24-20-23-36(49)43(56-15)32(7)37(50)26-34(44(53)46(8,9)10)25-33-21-18-17-19-22-33/h17-19,21-22,29-32,34-36,39,41-43H,16,20,23-28H2,1-15H3. The topological polar surface area (TPSA) is 114 Å². The van der Waals surface area contributed by atoms with Crippen molar-refractivity contribution in [1.82, 2.24) is 14.7 Å². The highest BCUT2D eigenvalue weighted by Crippen LogP contribution is 2.33. The number of benzene rings is 1. The third-order valence-electron chi connectivity index (χ3n) is 12.3. The molecule has 0 spiro atoms. The van der Waals surface area contributed by atoms with Crippen LogP contribution >= 0.6 is 0 Å². The van der Waals surface area contributed by atoms with Gasteiger partial charge in [-0.3, -0.25) is 28.9 Å². The average molecular weight is 784 g/mol. The number of Topliss-reactive ketones (excluding diaryl/α,β-unsaturated/α-hetero) is 3. The average Bonchev–Trinajstić information content (AvgIpc) is 3.62. The van der Waals surface area contributed by atoms with Crippen LogP contribution in [0.25, 0.3) is 0 Å². The first kappa shape index (κ1) is 49.2. The van der Waals surface area contributed by atoms with E-state index in [1.165, 1.54) is 0 Å². The molecule has 1 heterocycles. The number of likely N-dealkylation sites (N-methyl/N-ethyl adjacent to an activating group) is 2. The number of carbonyl (C=O) groups is 5. The lowest BCUT2D eigenvalue weighted by Gasteiger charge is -2.41. The second kappa shape index (κ2) is 22.3. The summed E-state index contributed by atoms with van der Waals surface area (Å²) in [7, 11) is 8.76. The third kappa shape index (κ3) is 13.0. The Morgan fingerprint density at radius 3 is 1.93 bits per heavy atom.